The average Bonchev–Trinajstić information content (AvgIpc) is 2.59. The van der Waals surface area contributed by atoms with Gasteiger partial charge in [-0.15, -0.1) is 0 Å². The van der Waals surface area contributed by atoms with E-state index in [9.17, 15) is 9.59 Å². The number of rotatable bonds is 10. The molecule has 140 valence electrons. The van der Waals surface area contributed by atoms with Crippen molar-refractivity contribution in [1.29, 1.82) is 0 Å². The zero-order valence-electron chi connectivity index (χ0n) is 16.2. The Morgan fingerprint density at radius 1 is 1.00 bits per heavy atom. The highest BCUT2D eigenvalue weighted by Crippen LogP contribution is 2.20. The quantitative estimate of drug-likeness (QED) is 0.456. The summed E-state index contributed by atoms with van der Waals surface area (Å²) >= 11 is 0. The van der Waals surface area contributed by atoms with Crippen molar-refractivity contribution in [3.63, 3.8) is 0 Å². The number of benzene rings is 1. The van der Waals surface area contributed by atoms with E-state index in [4.69, 9.17) is 9.47 Å². The van der Waals surface area contributed by atoms with Crippen molar-refractivity contribution in [3.05, 3.63) is 35.4 Å². The van der Waals surface area contributed by atoms with Crippen LogP contribution in [-0.4, -0.2) is 24.6 Å². The Labute approximate surface area is 151 Å². The summed E-state index contributed by atoms with van der Waals surface area (Å²) in [4.78, 5) is 24.4. The molecule has 4 heteroatoms. The van der Waals surface area contributed by atoms with Crippen LogP contribution < -0.4 is 0 Å². The van der Waals surface area contributed by atoms with Crippen LogP contribution in [0, 0.1) is 5.92 Å². The van der Waals surface area contributed by atoms with Crippen molar-refractivity contribution in [2.24, 2.45) is 5.92 Å². The average molecular weight is 348 g/mol. The summed E-state index contributed by atoms with van der Waals surface area (Å²) in [6.45, 7) is 10.4. The van der Waals surface area contributed by atoms with Crippen molar-refractivity contribution >= 4 is 11.9 Å². The van der Waals surface area contributed by atoms with Gasteiger partial charge in [0.15, 0.2) is 6.10 Å². The first-order valence-electron chi connectivity index (χ1n) is 9.34. The van der Waals surface area contributed by atoms with Gasteiger partial charge in [0.2, 0.25) is 0 Å². The summed E-state index contributed by atoms with van der Waals surface area (Å²) in [5.74, 6) is -0.664. The fourth-order valence-electron chi connectivity index (χ4n) is 2.50. The highest BCUT2D eigenvalue weighted by Gasteiger charge is 2.26. The van der Waals surface area contributed by atoms with Crippen LogP contribution in [0.1, 0.15) is 70.9 Å². The fourth-order valence-corrected chi connectivity index (χ4v) is 2.50. The van der Waals surface area contributed by atoms with E-state index < -0.39 is 24.0 Å². The van der Waals surface area contributed by atoms with Crippen molar-refractivity contribution < 1.29 is 19.1 Å². The zero-order chi connectivity index (χ0) is 18.8. The molecule has 0 N–H and O–H groups in total. The lowest BCUT2D eigenvalue weighted by Gasteiger charge is -2.18. The molecule has 0 heterocycles. The molecule has 2 atom stereocenters. The van der Waals surface area contributed by atoms with Gasteiger partial charge >= 0.3 is 11.9 Å². The maximum Gasteiger partial charge on any atom is 0.347 e. The minimum atomic E-state index is -0.827. The molecule has 0 spiro atoms. The number of carbonyl (C=O) groups excluding carboxylic acids is 2. The Hall–Kier alpha value is -1.84. The van der Waals surface area contributed by atoms with E-state index in [2.05, 4.69) is 26.0 Å². The van der Waals surface area contributed by atoms with Crippen LogP contribution in [0.5, 0.6) is 0 Å². The van der Waals surface area contributed by atoms with Crippen molar-refractivity contribution in [2.75, 3.05) is 6.61 Å². The maximum absolute atomic E-state index is 12.4. The number of unbranched alkanes of at least 4 members (excludes halogenated alkanes) is 1. The third kappa shape index (κ3) is 7.29. The van der Waals surface area contributed by atoms with E-state index in [-0.39, 0.29) is 0 Å². The molecule has 2 unspecified atom stereocenters. The Morgan fingerprint density at radius 3 is 2.16 bits per heavy atom. The second-order valence-corrected chi connectivity index (χ2v) is 6.92. The molecular formula is C21H32O4. The lowest BCUT2D eigenvalue weighted by atomic mass is 9.97. The molecule has 0 aliphatic heterocycles. The molecule has 0 saturated carbocycles. The van der Waals surface area contributed by atoms with Gasteiger partial charge in [0.25, 0.3) is 0 Å². The second kappa shape index (κ2) is 10.9. The highest BCUT2D eigenvalue weighted by molar-refractivity contribution is 5.82. The van der Waals surface area contributed by atoms with E-state index in [1.165, 1.54) is 5.56 Å². The van der Waals surface area contributed by atoms with Crippen LogP contribution in [0.4, 0.5) is 0 Å². The Kier molecular flexibility index (Phi) is 9.25. The van der Waals surface area contributed by atoms with Gasteiger partial charge in [-0.2, -0.15) is 0 Å². The Balaban J connectivity index is 2.63. The van der Waals surface area contributed by atoms with E-state index in [0.29, 0.717) is 18.9 Å². The van der Waals surface area contributed by atoms with E-state index in [0.717, 1.165) is 24.8 Å². The molecule has 0 aliphatic rings. The maximum atomic E-state index is 12.4. The summed E-state index contributed by atoms with van der Waals surface area (Å²) in [5.41, 5.74) is 2.15. The van der Waals surface area contributed by atoms with Gasteiger partial charge in [-0.3, -0.25) is 4.79 Å². The molecule has 4 nitrogen and oxygen atoms in total. The Morgan fingerprint density at radius 2 is 1.64 bits per heavy atom. The number of esters is 2. The van der Waals surface area contributed by atoms with Gasteiger partial charge in [-0.25, -0.2) is 4.79 Å². The standard InChI is InChI=1S/C21H32O4/c1-6-8-13-24-21(23)19(7-2)25-20(22)16(5)18-11-9-17(10-12-18)14-15(3)4/h9-12,15-16,19H,6-8,13-14H2,1-5H3. The van der Waals surface area contributed by atoms with Crippen molar-refractivity contribution in [2.45, 2.75) is 72.3 Å². The first kappa shape index (κ1) is 21.2. The molecule has 25 heavy (non-hydrogen) atoms. The van der Waals surface area contributed by atoms with Gasteiger partial charge in [-0.1, -0.05) is 58.4 Å². The smallest absolute Gasteiger partial charge is 0.347 e. The number of ether oxygens (including phenoxy) is 2. The monoisotopic (exact) mass is 348 g/mol. The largest absolute Gasteiger partial charge is 0.463 e. The Bertz CT molecular complexity index is 533. The number of hydrogen-bond donors (Lipinski definition) is 0. The molecule has 0 saturated heterocycles. The SMILES string of the molecule is CCCCOC(=O)C(CC)OC(=O)C(C)c1ccc(CC(C)C)cc1. The van der Waals surface area contributed by atoms with Crippen LogP contribution >= 0.6 is 0 Å². The molecule has 0 fully saturated rings. The van der Waals surface area contributed by atoms with Gasteiger partial charge < -0.3 is 9.47 Å². The zero-order valence-corrected chi connectivity index (χ0v) is 16.2. The van der Waals surface area contributed by atoms with Crippen molar-refractivity contribution in [1.82, 2.24) is 0 Å². The van der Waals surface area contributed by atoms with Gasteiger partial charge in [0, 0.05) is 0 Å². The molecule has 1 aromatic rings. The van der Waals surface area contributed by atoms with Crippen molar-refractivity contribution in [3.8, 4) is 0 Å². The summed E-state index contributed by atoms with van der Waals surface area (Å²) in [6, 6.07) is 8.03. The molecule has 1 aromatic carbocycles. The lowest BCUT2D eigenvalue weighted by molar-refractivity contribution is -0.168. The summed E-state index contributed by atoms with van der Waals surface area (Å²) < 4.78 is 10.5. The van der Waals surface area contributed by atoms with Gasteiger partial charge in [0.1, 0.15) is 0 Å². The summed E-state index contributed by atoms with van der Waals surface area (Å²) in [7, 11) is 0. The topological polar surface area (TPSA) is 52.6 Å². The normalized spacial score (nSPS) is 13.4. The molecule has 1 rings (SSSR count). The van der Waals surface area contributed by atoms with E-state index in [1.54, 1.807) is 6.92 Å². The minimum absolute atomic E-state index is 0.371. The van der Waals surface area contributed by atoms with Crippen LogP contribution in [0.2, 0.25) is 0 Å². The number of hydrogen-bond acceptors (Lipinski definition) is 4. The minimum Gasteiger partial charge on any atom is -0.463 e. The van der Waals surface area contributed by atoms with Crippen LogP contribution in [0.15, 0.2) is 24.3 Å². The van der Waals surface area contributed by atoms with Crippen LogP contribution in [-0.2, 0) is 25.5 Å². The lowest BCUT2D eigenvalue weighted by Crippen LogP contribution is -2.30. The predicted molar refractivity (Wildman–Crippen MR) is 99.4 cm³/mol. The van der Waals surface area contributed by atoms with E-state index >= 15 is 0 Å². The summed E-state index contributed by atoms with van der Waals surface area (Å²) in [5, 5.41) is 0. The second-order valence-electron chi connectivity index (χ2n) is 6.92. The van der Waals surface area contributed by atoms with Crippen LogP contribution in [0.3, 0.4) is 0 Å². The van der Waals surface area contributed by atoms with E-state index in [1.807, 2.05) is 26.0 Å². The molecule has 0 amide bonds. The predicted octanol–water partition coefficient (Wildman–Crippen LogP) is 4.65. The molecule has 0 bridgehead atoms. The molecule has 0 aliphatic carbocycles. The van der Waals surface area contributed by atoms with Gasteiger partial charge in [0.05, 0.1) is 12.5 Å². The first-order chi connectivity index (χ1) is 11.9. The number of carbonyl (C=O) groups is 2. The highest BCUT2D eigenvalue weighted by atomic mass is 16.6. The fraction of sp³-hybridized carbons (Fsp3) is 0.619. The molecule has 0 radical (unpaired) electrons. The third-order valence-electron chi connectivity index (χ3n) is 4.11. The third-order valence-corrected chi connectivity index (χ3v) is 4.11. The van der Waals surface area contributed by atoms with Crippen LogP contribution in [0.25, 0.3) is 0 Å². The summed E-state index contributed by atoms with van der Waals surface area (Å²) in [6.07, 6.45) is 2.37. The molecule has 0 aromatic heterocycles. The molecular weight excluding hydrogens is 316 g/mol. The first-order valence-corrected chi connectivity index (χ1v) is 9.34. The van der Waals surface area contributed by atoms with Gasteiger partial charge in [-0.05, 0) is 43.2 Å².